The van der Waals surface area contributed by atoms with Gasteiger partial charge in [-0.1, -0.05) is 18.7 Å². The van der Waals surface area contributed by atoms with Gasteiger partial charge in [-0.3, -0.25) is 4.79 Å². The Balaban J connectivity index is 2.24. The summed E-state index contributed by atoms with van der Waals surface area (Å²) in [5.41, 5.74) is 4.48. The van der Waals surface area contributed by atoms with E-state index in [0.29, 0.717) is 5.57 Å². The number of carbonyl (C=O) groups excluding carboxylic acids is 1. The van der Waals surface area contributed by atoms with Crippen LogP contribution in [-0.4, -0.2) is 19.9 Å². The normalized spacial score (nSPS) is 18.4. The first kappa shape index (κ1) is 9.21. The van der Waals surface area contributed by atoms with Gasteiger partial charge in [0.15, 0.2) is 0 Å². The molecular formula is C13H12N2O. The lowest BCUT2D eigenvalue weighted by atomic mass is 9.88. The highest BCUT2D eigenvalue weighted by Crippen LogP contribution is 2.45. The highest BCUT2D eigenvalue weighted by atomic mass is 16.1. The largest absolute Gasteiger partial charge is 0.341 e. The van der Waals surface area contributed by atoms with Gasteiger partial charge in [0.25, 0.3) is 0 Å². The number of benzene rings is 1. The Bertz CT molecular complexity index is 508. The predicted octanol–water partition coefficient (Wildman–Crippen LogP) is 1.92. The van der Waals surface area contributed by atoms with Crippen LogP contribution in [0, 0.1) is 0 Å². The monoisotopic (exact) mass is 212 g/mol. The molecule has 0 fully saturated rings. The van der Waals surface area contributed by atoms with Crippen molar-refractivity contribution in [2.45, 2.75) is 0 Å². The van der Waals surface area contributed by atoms with Crippen LogP contribution in [-0.2, 0) is 4.79 Å². The summed E-state index contributed by atoms with van der Waals surface area (Å²) in [5.74, 6) is 0.0545. The molecule has 0 bridgehead atoms. The molecule has 80 valence electrons. The number of allylic oxidation sites excluding steroid dienone is 2. The van der Waals surface area contributed by atoms with Gasteiger partial charge in [0, 0.05) is 19.7 Å². The minimum atomic E-state index is 0.0545. The molecule has 0 N–H and O–H groups in total. The molecule has 16 heavy (non-hydrogen) atoms. The first-order valence-electron chi connectivity index (χ1n) is 5.17. The summed E-state index contributed by atoms with van der Waals surface area (Å²) in [6.45, 7) is 3.81. The van der Waals surface area contributed by atoms with E-state index in [-0.39, 0.29) is 5.78 Å². The van der Waals surface area contributed by atoms with Crippen molar-refractivity contribution >= 4 is 17.2 Å². The van der Waals surface area contributed by atoms with E-state index in [2.05, 4.69) is 6.58 Å². The van der Waals surface area contributed by atoms with E-state index >= 15 is 0 Å². The summed E-state index contributed by atoms with van der Waals surface area (Å²) >= 11 is 0. The second kappa shape index (κ2) is 2.76. The lowest BCUT2D eigenvalue weighted by Gasteiger charge is -2.43. The Hall–Kier alpha value is -2.03. The standard InChI is InChI=1S/C13H12N2O/c1-8-11-12(13(8)16)15(3)10-7-5-4-6-9(10)14(11)2/h4-7H,1H2,2-3H3. The third kappa shape index (κ3) is 0.858. The molecule has 3 heteroatoms. The summed E-state index contributed by atoms with van der Waals surface area (Å²) in [7, 11) is 3.89. The molecule has 0 atom stereocenters. The number of carbonyl (C=O) groups is 1. The first-order valence-corrected chi connectivity index (χ1v) is 5.17. The Kier molecular flexibility index (Phi) is 1.59. The lowest BCUT2D eigenvalue weighted by molar-refractivity contribution is -0.113. The summed E-state index contributed by atoms with van der Waals surface area (Å²) in [6, 6.07) is 8.04. The molecule has 0 radical (unpaired) electrons. The average molecular weight is 212 g/mol. The van der Waals surface area contributed by atoms with Gasteiger partial charge >= 0.3 is 0 Å². The topological polar surface area (TPSA) is 23.6 Å². The van der Waals surface area contributed by atoms with E-state index in [1.54, 1.807) is 0 Å². The summed E-state index contributed by atoms with van der Waals surface area (Å²) in [5, 5.41) is 0. The third-order valence-corrected chi connectivity index (χ3v) is 3.27. The zero-order valence-corrected chi connectivity index (χ0v) is 9.32. The van der Waals surface area contributed by atoms with Gasteiger partial charge in [-0.25, -0.2) is 0 Å². The Morgan fingerprint density at radius 1 is 1.00 bits per heavy atom. The van der Waals surface area contributed by atoms with Crippen molar-refractivity contribution < 1.29 is 4.79 Å². The van der Waals surface area contributed by atoms with E-state index < -0.39 is 0 Å². The van der Waals surface area contributed by atoms with Crippen LogP contribution in [0.2, 0.25) is 0 Å². The predicted molar refractivity (Wildman–Crippen MR) is 64.4 cm³/mol. The van der Waals surface area contributed by atoms with Gasteiger partial charge in [-0.05, 0) is 12.1 Å². The molecule has 2 aliphatic rings. The summed E-state index contributed by atoms with van der Waals surface area (Å²) < 4.78 is 0. The number of nitrogens with zero attached hydrogens (tertiary/aromatic N) is 2. The molecular weight excluding hydrogens is 200 g/mol. The van der Waals surface area contributed by atoms with Crippen molar-refractivity contribution in [2.75, 3.05) is 23.9 Å². The molecule has 0 unspecified atom stereocenters. The Morgan fingerprint density at radius 2 is 1.50 bits per heavy atom. The van der Waals surface area contributed by atoms with E-state index in [9.17, 15) is 4.79 Å². The van der Waals surface area contributed by atoms with Crippen LogP contribution in [0.15, 0.2) is 47.8 Å². The molecule has 0 aromatic heterocycles. The first-order chi connectivity index (χ1) is 7.63. The smallest absolute Gasteiger partial charge is 0.213 e. The van der Waals surface area contributed by atoms with Gasteiger partial charge in [-0.15, -0.1) is 0 Å². The molecule has 0 saturated carbocycles. The minimum absolute atomic E-state index is 0.0545. The summed E-state index contributed by atoms with van der Waals surface area (Å²) in [4.78, 5) is 15.7. The van der Waals surface area contributed by atoms with Crippen molar-refractivity contribution in [3.63, 3.8) is 0 Å². The number of rotatable bonds is 0. The average Bonchev–Trinajstić information content (AvgIpc) is 2.32. The number of para-hydroxylation sites is 2. The maximum atomic E-state index is 11.7. The highest BCUT2D eigenvalue weighted by molar-refractivity contribution is 6.23. The van der Waals surface area contributed by atoms with Crippen molar-refractivity contribution in [3.8, 4) is 0 Å². The number of likely N-dealkylation sites (N-methyl/N-ethyl adjacent to an activating group) is 2. The highest BCUT2D eigenvalue weighted by Gasteiger charge is 2.41. The molecule has 0 saturated heterocycles. The molecule has 3 nitrogen and oxygen atoms in total. The van der Waals surface area contributed by atoms with Gasteiger partial charge in [0.05, 0.1) is 17.1 Å². The molecule has 1 heterocycles. The van der Waals surface area contributed by atoms with Crippen LogP contribution in [0.5, 0.6) is 0 Å². The number of hydrogen-bond donors (Lipinski definition) is 0. The molecule has 3 rings (SSSR count). The Labute approximate surface area is 94.3 Å². The number of Topliss-reactive ketones (excluding diaryl/α,β-unsaturated/α-hetero) is 1. The number of hydrogen-bond acceptors (Lipinski definition) is 3. The molecule has 1 aromatic carbocycles. The quantitative estimate of drug-likeness (QED) is 0.614. The fourth-order valence-corrected chi connectivity index (χ4v) is 2.38. The third-order valence-electron chi connectivity index (χ3n) is 3.27. The zero-order valence-electron chi connectivity index (χ0n) is 9.32. The van der Waals surface area contributed by atoms with Gasteiger partial charge < -0.3 is 9.80 Å². The van der Waals surface area contributed by atoms with Crippen LogP contribution >= 0.6 is 0 Å². The maximum absolute atomic E-state index is 11.7. The molecule has 0 amide bonds. The maximum Gasteiger partial charge on any atom is 0.213 e. The molecule has 1 aliphatic carbocycles. The molecule has 1 aliphatic heterocycles. The number of anilines is 2. The van der Waals surface area contributed by atoms with Crippen LogP contribution in [0.4, 0.5) is 11.4 Å². The fraction of sp³-hybridized carbons (Fsp3) is 0.154. The van der Waals surface area contributed by atoms with Gasteiger partial charge in [0.1, 0.15) is 5.70 Å². The number of fused-ring (bicyclic) bond motifs is 1. The van der Waals surface area contributed by atoms with Gasteiger partial charge in [0.2, 0.25) is 5.78 Å². The van der Waals surface area contributed by atoms with Crippen molar-refractivity contribution in [2.24, 2.45) is 0 Å². The van der Waals surface area contributed by atoms with E-state index in [1.807, 2.05) is 48.2 Å². The summed E-state index contributed by atoms with van der Waals surface area (Å²) in [6.07, 6.45) is 0. The van der Waals surface area contributed by atoms with Crippen molar-refractivity contribution in [3.05, 3.63) is 47.8 Å². The fourth-order valence-electron chi connectivity index (χ4n) is 2.38. The van der Waals surface area contributed by atoms with Crippen LogP contribution in [0.3, 0.4) is 0 Å². The zero-order chi connectivity index (χ0) is 11.4. The van der Waals surface area contributed by atoms with Crippen molar-refractivity contribution in [1.82, 2.24) is 0 Å². The van der Waals surface area contributed by atoms with Gasteiger partial charge in [-0.2, -0.15) is 0 Å². The van der Waals surface area contributed by atoms with Crippen molar-refractivity contribution in [1.29, 1.82) is 0 Å². The van der Waals surface area contributed by atoms with Crippen LogP contribution in [0.1, 0.15) is 0 Å². The Morgan fingerprint density at radius 3 is 2.06 bits per heavy atom. The molecule has 1 aromatic rings. The lowest BCUT2D eigenvalue weighted by Crippen LogP contribution is -2.44. The minimum Gasteiger partial charge on any atom is -0.341 e. The second-order valence-electron chi connectivity index (χ2n) is 4.11. The van der Waals surface area contributed by atoms with E-state index in [4.69, 9.17) is 0 Å². The SMILES string of the molecule is C=C1C(=O)C2=C1N(C)c1ccccc1N2C. The number of ketones is 1. The second-order valence-corrected chi connectivity index (χ2v) is 4.11. The van der Waals surface area contributed by atoms with E-state index in [0.717, 1.165) is 22.8 Å². The van der Waals surface area contributed by atoms with Crippen LogP contribution < -0.4 is 9.80 Å². The van der Waals surface area contributed by atoms with Crippen LogP contribution in [0.25, 0.3) is 0 Å². The van der Waals surface area contributed by atoms with E-state index in [1.165, 1.54) is 0 Å². The molecule has 0 spiro atoms.